The van der Waals surface area contributed by atoms with E-state index >= 15 is 0 Å². The number of carboxylic acid groups (broad SMARTS) is 2. The van der Waals surface area contributed by atoms with E-state index in [0.29, 0.717) is 30.6 Å². The van der Waals surface area contributed by atoms with E-state index in [2.05, 4.69) is 32.4 Å². The number of sulfonamides is 1. The second-order valence-corrected chi connectivity index (χ2v) is 10.3. The van der Waals surface area contributed by atoms with Crippen LogP contribution in [0.2, 0.25) is 0 Å². The van der Waals surface area contributed by atoms with Gasteiger partial charge in [-0.25, -0.2) is 22.4 Å². The number of carbonyl (C=O) groups is 2. The van der Waals surface area contributed by atoms with Gasteiger partial charge in [0.05, 0.1) is 16.1 Å². The summed E-state index contributed by atoms with van der Waals surface area (Å²) in [6.07, 6.45) is -5.08. The van der Waals surface area contributed by atoms with E-state index in [4.69, 9.17) is 9.90 Å². The molecular formula is C23H28F4N2O6S. The third-order valence-corrected chi connectivity index (χ3v) is 5.75. The molecule has 2 aromatic carbocycles. The lowest BCUT2D eigenvalue weighted by atomic mass is 10.1. The first-order valence-corrected chi connectivity index (χ1v) is 12.1. The topological polar surface area (TPSA) is 124 Å². The summed E-state index contributed by atoms with van der Waals surface area (Å²) in [7, 11) is -3.97. The van der Waals surface area contributed by atoms with Crippen molar-refractivity contribution in [3.8, 4) is 0 Å². The molecule has 2 rings (SSSR count). The quantitative estimate of drug-likeness (QED) is 0.382. The van der Waals surface area contributed by atoms with Gasteiger partial charge in [-0.1, -0.05) is 27.7 Å². The maximum Gasteiger partial charge on any atom is 0.490 e. The van der Waals surface area contributed by atoms with E-state index in [1.165, 1.54) is 12.1 Å². The van der Waals surface area contributed by atoms with Crippen LogP contribution in [0.5, 0.6) is 0 Å². The maximum atomic E-state index is 13.1. The summed E-state index contributed by atoms with van der Waals surface area (Å²) in [5, 5.41) is 16.8. The average molecular weight is 537 g/mol. The number of nitrogens with one attached hydrogen (secondary N) is 1. The number of halogens is 4. The number of carboxylic acids is 2. The molecule has 0 fully saturated rings. The summed E-state index contributed by atoms with van der Waals surface area (Å²) in [5.74, 6) is -3.79. The molecule has 2 aromatic rings. The molecule has 13 heteroatoms. The van der Waals surface area contributed by atoms with Gasteiger partial charge in [-0.2, -0.15) is 13.2 Å². The number of anilines is 2. The van der Waals surface area contributed by atoms with Gasteiger partial charge in [0.15, 0.2) is 0 Å². The highest BCUT2D eigenvalue weighted by atomic mass is 32.2. The number of hydrogen-bond donors (Lipinski definition) is 3. The Morgan fingerprint density at radius 2 is 1.42 bits per heavy atom. The molecule has 36 heavy (non-hydrogen) atoms. The highest BCUT2D eigenvalue weighted by molar-refractivity contribution is 7.92. The van der Waals surface area contributed by atoms with Gasteiger partial charge >= 0.3 is 18.1 Å². The molecule has 0 heterocycles. The normalized spacial score (nSPS) is 11.6. The fourth-order valence-electron chi connectivity index (χ4n) is 3.03. The van der Waals surface area contributed by atoms with Crippen LogP contribution >= 0.6 is 0 Å². The predicted molar refractivity (Wildman–Crippen MR) is 126 cm³/mol. The second-order valence-electron chi connectivity index (χ2n) is 8.59. The van der Waals surface area contributed by atoms with Gasteiger partial charge in [0, 0.05) is 18.8 Å². The lowest BCUT2D eigenvalue weighted by Gasteiger charge is -2.30. The van der Waals surface area contributed by atoms with Crippen molar-refractivity contribution in [3.05, 3.63) is 53.8 Å². The average Bonchev–Trinajstić information content (AvgIpc) is 2.72. The Morgan fingerprint density at radius 3 is 1.81 bits per heavy atom. The van der Waals surface area contributed by atoms with Crippen LogP contribution in [0.15, 0.2) is 47.4 Å². The standard InChI is InChI=1S/C21H27FN2O4S.C2HF3O2/c1-14(2)12-24(13-15(3)4)20-10-7-17(11-19(20)21(25)26)23-29(27,28)18-8-5-16(22)6-9-18;3-2(4,5)1(6)7/h5-11,14-15,23H,12-13H2,1-4H3,(H,25,26);(H,6,7). The number of aliphatic carboxylic acids is 1. The van der Waals surface area contributed by atoms with E-state index in [-0.39, 0.29) is 16.1 Å². The molecule has 200 valence electrons. The molecule has 0 bridgehead atoms. The first kappa shape index (κ1) is 30.7. The predicted octanol–water partition coefficient (Wildman–Crippen LogP) is 5.08. The Kier molecular flexibility index (Phi) is 10.7. The summed E-state index contributed by atoms with van der Waals surface area (Å²) in [4.78, 5) is 22.7. The van der Waals surface area contributed by atoms with E-state index in [9.17, 15) is 35.9 Å². The van der Waals surface area contributed by atoms with Crippen LogP contribution in [0.1, 0.15) is 38.1 Å². The monoisotopic (exact) mass is 536 g/mol. The van der Waals surface area contributed by atoms with E-state index in [0.717, 1.165) is 24.3 Å². The molecule has 0 amide bonds. The summed E-state index contributed by atoms with van der Waals surface area (Å²) in [6, 6.07) is 8.88. The Labute approximate surface area is 206 Å². The zero-order valence-electron chi connectivity index (χ0n) is 20.0. The zero-order chi connectivity index (χ0) is 27.8. The van der Waals surface area contributed by atoms with Crippen LogP contribution in [-0.2, 0) is 14.8 Å². The molecule has 0 unspecified atom stereocenters. The fourth-order valence-corrected chi connectivity index (χ4v) is 4.08. The third kappa shape index (κ3) is 9.72. The van der Waals surface area contributed by atoms with Crippen LogP contribution < -0.4 is 9.62 Å². The van der Waals surface area contributed by atoms with Crippen LogP contribution in [0.25, 0.3) is 0 Å². The van der Waals surface area contributed by atoms with Crippen molar-refractivity contribution in [2.45, 2.75) is 38.8 Å². The van der Waals surface area contributed by atoms with Gasteiger partial charge in [0.1, 0.15) is 5.82 Å². The Hall–Kier alpha value is -3.35. The number of hydrogen-bond acceptors (Lipinski definition) is 5. The van der Waals surface area contributed by atoms with Crippen LogP contribution in [0, 0.1) is 17.7 Å². The molecule has 0 atom stereocenters. The van der Waals surface area contributed by atoms with Crippen LogP contribution in [0.3, 0.4) is 0 Å². The molecule has 0 spiro atoms. The second kappa shape index (κ2) is 12.6. The van der Waals surface area contributed by atoms with Crippen molar-refractivity contribution in [3.63, 3.8) is 0 Å². The molecule has 3 N–H and O–H groups in total. The van der Waals surface area contributed by atoms with Crippen molar-refractivity contribution in [1.82, 2.24) is 0 Å². The first-order chi connectivity index (χ1) is 16.4. The van der Waals surface area contributed by atoms with Crippen molar-refractivity contribution in [2.75, 3.05) is 22.7 Å². The zero-order valence-corrected chi connectivity index (χ0v) is 20.8. The molecule has 0 aliphatic heterocycles. The number of aromatic carboxylic acids is 1. The van der Waals surface area contributed by atoms with Crippen LogP contribution in [-0.4, -0.2) is 49.8 Å². The van der Waals surface area contributed by atoms with Gasteiger partial charge in [-0.15, -0.1) is 0 Å². The Bertz CT molecular complexity index is 1140. The number of rotatable bonds is 9. The SMILES string of the molecule is CC(C)CN(CC(C)C)c1ccc(NS(=O)(=O)c2ccc(F)cc2)cc1C(=O)O.O=C(O)C(F)(F)F. The summed E-state index contributed by atoms with van der Waals surface area (Å²) in [6.45, 7) is 9.58. The minimum absolute atomic E-state index is 0.0191. The van der Waals surface area contributed by atoms with E-state index < -0.39 is 34.0 Å². The highest BCUT2D eigenvalue weighted by Crippen LogP contribution is 2.28. The number of nitrogens with zero attached hydrogens (tertiary/aromatic N) is 1. The molecule has 0 aliphatic rings. The number of benzene rings is 2. The number of alkyl halides is 3. The lowest BCUT2D eigenvalue weighted by Crippen LogP contribution is -2.32. The van der Waals surface area contributed by atoms with Crippen molar-refractivity contribution >= 4 is 33.3 Å². The van der Waals surface area contributed by atoms with Gasteiger partial charge < -0.3 is 15.1 Å². The Balaban J connectivity index is 0.000000809. The molecular weight excluding hydrogens is 508 g/mol. The minimum Gasteiger partial charge on any atom is -0.478 e. The Morgan fingerprint density at radius 1 is 0.944 bits per heavy atom. The molecule has 0 aliphatic carbocycles. The van der Waals surface area contributed by atoms with Gasteiger partial charge in [0.25, 0.3) is 10.0 Å². The van der Waals surface area contributed by atoms with Crippen molar-refractivity contribution in [2.24, 2.45) is 11.8 Å². The van der Waals surface area contributed by atoms with Gasteiger partial charge in [0.2, 0.25) is 0 Å². The molecule has 0 saturated heterocycles. The van der Waals surface area contributed by atoms with Crippen molar-refractivity contribution < 1.29 is 45.8 Å². The fraction of sp³-hybridized carbons (Fsp3) is 0.391. The first-order valence-electron chi connectivity index (χ1n) is 10.6. The summed E-state index contributed by atoms with van der Waals surface area (Å²) in [5.41, 5.74) is 0.694. The molecule has 0 saturated carbocycles. The summed E-state index contributed by atoms with van der Waals surface area (Å²) < 4.78 is 72.2. The van der Waals surface area contributed by atoms with E-state index in [1.54, 1.807) is 6.07 Å². The summed E-state index contributed by atoms with van der Waals surface area (Å²) >= 11 is 0. The van der Waals surface area contributed by atoms with Gasteiger partial charge in [-0.05, 0) is 54.3 Å². The van der Waals surface area contributed by atoms with Crippen LogP contribution in [0.4, 0.5) is 28.9 Å². The minimum atomic E-state index is -5.08. The largest absolute Gasteiger partial charge is 0.490 e. The van der Waals surface area contributed by atoms with Crippen molar-refractivity contribution in [1.29, 1.82) is 0 Å². The maximum absolute atomic E-state index is 13.1. The molecule has 0 aromatic heterocycles. The molecule has 0 radical (unpaired) electrons. The third-order valence-electron chi connectivity index (χ3n) is 4.36. The lowest BCUT2D eigenvalue weighted by molar-refractivity contribution is -0.192. The van der Waals surface area contributed by atoms with E-state index in [1.807, 2.05) is 4.90 Å². The smallest absolute Gasteiger partial charge is 0.478 e. The molecule has 8 nitrogen and oxygen atoms in total. The van der Waals surface area contributed by atoms with Gasteiger partial charge in [-0.3, -0.25) is 4.72 Å². The highest BCUT2D eigenvalue weighted by Gasteiger charge is 2.38.